The van der Waals surface area contributed by atoms with Gasteiger partial charge >= 0.3 is 5.97 Å². The van der Waals surface area contributed by atoms with Gasteiger partial charge in [0.25, 0.3) is 0 Å². The molecule has 0 N–H and O–H groups in total. The van der Waals surface area contributed by atoms with E-state index in [-0.39, 0.29) is 5.97 Å². The molecule has 134 valence electrons. The molecule has 0 bridgehead atoms. The van der Waals surface area contributed by atoms with Crippen molar-refractivity contribution in [3.05, 3.63) is 35.6 Å². The molecule has 2 aromatic rings. The number of carbonyl (C=O) groups excluding carboxylic acids is 1. The average molecular weight is 343 g/mol. The Morgan fingerprint density at radius 2 is 2.12 bits per heavy atom. The van der Waals surface area contributed by atoms with Crippen molar-refractivity contribution in [2.45, 2.75) is 51.3 Å². The van der Waals surface area contributed by atoms with Gasteiger partial charge in [0.05, 0.1) is 25.9 Å². The Labute approximate surface area is 147 Å². The average Bonchev–Trinajstić information content (AvgIpc) is 3.00. The summed E-state index contributed by atoms with van der Waals surface area (Å²) < 4.78 is 17.3. The van der Waals surface area contributed by atoms with Crippen molar-refractivity contribution >= 4 is 16.9 Å². The van der Waals surface area contributed by atoms with Gasteiger partial charge in [-0.25, -0.2) is 4.79 Å². The summed E-state index contributed by atoms with van der Waals surface area (Å²) in [5.74, 6) is 0.418. The number of furan rings is 1. The minimum absolute atomic E-state index is 0.295. The molecule has 1 aromatic carbocycles. The molecular weight excluding hydrogens is 318 g/mol. The highest BCUT2D eigenvalue weighted by Crippen LogP contribution is 2.32. The van der Waals surface area contributed by atoms with E-state index in [2.05, 4.69) is 4.90 Å². The number of carbonyl (C=O) groups is 1. The van der Waals surface area contributed by atoms with E-state index in [9.17, 15) is 4.79 Å². The van der Waals surface area contributed by atoms with Crippen LogP contribution < -0.4 is 0 Å². The first-order valence-corrected chi connectivity index (χ1v) is 9.31. The van der Waals surface area contributed by atoms with Crippen molar-refractivity contribution in [1.82, 2.24) is 4.90 Å². The van der Waals surface area contributed by atoms with E-state index in [1.54, 1.807) is 0 Å². The number of hydrogen-bond acceptors (Lipinski definition) is 5. The molecule has 25 heavy (non-hydrogen) atoms. The zero-order valence-electron chi connectivity index (χ0n) is 14.7. The minimum Gasteiger partial charge on any atom is -0.462 e. The van der Waals surface area contributed by atoms with E-state index >= 15 is 0 Å². The first kappa shape index (κ1) is 16.6. The maximum Gasteiger partial charge on any atom is 0.342 e. The van der Waals surface area contributed by atoms with Crippen molar-refractivity contribution in [2.75, 3.05) is 19.8 Å². The van der Waals surface area contributed by atoms with Crippen molar-refractivity contribution in [1.29, 1.82) is 0 Å². The van der Waals surface area contributed by atoms with E-state index in [0.29, 0.717) is 36.6 Å². The molecule has 1 saturated heterocycles. The molecule has 5 heteroatoms. The van der Waals surface area contributed by atoms with Crippen LogP contribution in [0.5, 0.6) is 0 Å². The molecule has 2 heterocycles. The predicted molar refractivity (Wildman–Crippen MR) is 94.6 cm³/mol. The van der Waals surface area contributed by atoms with Crippen LogP contribution in [0.4, 0.5) is 0 Å². The van der Waals surface area contributed by atoms with Gasteiger partial charge in [0.2, 0.25) is 0 Å². The molecule has 1 aromatic heterocycles. The van der Waals surface area contributed by atoms with E-state index in [1.165, 1.54) is 12.8 Å². The molecule has 0 radical (unpaired) electrons. The summed E-state index contributed by atoms with van der Waals surface area (Å²) in [7, 11) is 0. The second-order valence-corrected chi connectivity index (χ2v) is 6.85. The van der Waals surface area contributed by atoms with Crippen LogP contribution in [0.25, 0.3) is 11.0 Å². The molecular formula is C20H25NO4. The van der Waals surface area contributed by atoms with Gasteiger partial charge in [-0.3, -0.25) is 4.90 Å². The molecule has 0 amide bonds. The molecule has 5 nitrogen and oxygen atoms in total. The summed E-state index contributed by atoms with van der Waals surface area (Å²) in [5.41, 5.74) is 1.32. The maximum absolute atomic E-state index is 12.5. The van der Waals surface area contributed by atoms with E-state index in [0.717, 1.165) is 37.0 Å². The molecule has 2 fully saturated rings. The van der Waals surface area contributed by atoms with Crippen LogP contribution in [0, 0.1) is 0 Å². The van der Waals surface area contributed by atoms with E-state index in [4.69, 9.17) is 13.9 Å². The highest BCUT2D eigenvalue weighted by Gasteiger charge is 2.35. The van der Waals surface area contributed by atoms with Crippen LogP contribution in [0.15, 0.2) is 28.7 Å². The Hall–Kier alpha value is -1.85. The normalized spacial score (nSPS) is 24.2. The van der Waals surface area contributed by atoms with Crippen molar-refractivity contribution in [3.8, 4) is 0 Å². The zero-order chi connectivity index (χ0) is 17.2. The quantitative estimate of drug-likeness (QED) is 0.791. The Bertz CT molecular complexity index is 751. The number of rotatable bonds is 4. The predicted octanol–water partition coefficient (Wildman–Crippen LogP) is 3.75. The second kappa shape index (κ2) is 7.18. The lowest BCUT2D eigenvalue weighted by atomic mass is 9.90. The number of benzene rings is 1. The van der Waals surface area contributed by atoms with E-state index < -0.39 is 0 Å². The van der Waals surface area contributed by atoms with Crippen LogP contribution in [0.3, 0.4) is 0 Å². The highest BCUT2D eigenvalue weighted by atomic mass is 16.5. The van der Waals surface area contributed by atoms with Crippen molar-refractivity contribution < 1.29 is 18.7 Å². The molecule has 2 atom stereocenters. The van der Waals surface area contributed by atoms with Gasteiger partial charge in [0.1, 0.15) is 16.9 Å². The topological polar surface area (TPSA) is 51.9 Å². The molecule has 1 aliphatic carbocycles. The fourth-order valence-electron chi connectivity index (χ4n) is 4.19. The fourth-order valence-corrected chi connectivity index (χ4v) is 4.19. The third-order valence-corrected chi connectivity index (χ3v) is 5.34. The minimum atomic E-state index is -0.295. The third kappa shape index (κ3) is 3.18. The molecule has 1 aliphatic heterocycles. The third-order valence-electron chi connectivity index (χ3n) is 5.34. The number of esters is 1. The van der Waals surface area contributed by atoms with Gasteiger partial charge in [-0.2, -0.15) is 0 Å². The molecule has 0 spiro atoms. The Kier molecular flexibility index (Phi) is 4.77. The number of hydrogen-bond donors (Lipinski definition) is 0. The van der Waals surface area contributed by atoms with Gasteiger partial charge in [0, 0.05) is 18.0 Å². The Morgan fingerprint density at radius 1 is 1.28 bits per heavy atom. The first-order chi connectivity index (χ1) is 12.3. The lowest BCUT2D eigenvalue weighted by Crippen LogP contribution is -2.52. The largest absolute Gasteiger partial charge is 0.462 e. The van der Waals surface area contributed by atoms with Gasteiger partial charge in [-0.1, -0.05) is 31.0 Å². The Morgan fingerprint density at radius 3 is 3.00 bits per heavy atom. The van der Waals surface area contributed by atoms with Crippen LogP contribution in [0.2, 0.25) is 0 Å². The van der Waals surface area contributed by atoms with Crippen LogP contribution in [-0.2, 0) is 16.0 Å². The molecule has 0 unspecified atom stereocenters. The van der Waals surface area contributed by atoms with Crippen LogP contribution in [0.1, 0.15) is 48.7 Å². The summed E-state index contributed by atoms with van der Waals surface area (Å²) in [6.45, 7) is 4.44. The molecule has 4 rings (SSSR count). The molecule has 1 saturated carbocycles. The molecule has 2 aliphatic rings. The van der Waals surface area contributed by atoms with E-state index in [1.807, 2.05) is 31.2 Å². The smallest absolute Gasteiger partial charge is 0.342 e. The SMILES string of the molecule is CCOC(=O)c1c(CN2CCO[C@@H]3CCCC[C@H]32)oc2ccccc12. The summed E-state index contributed by atoms with van der Waals surface area (Å²) >= 11 is 0. The second-order valence-electron chi connectivity index (χ2n) is 6.85. The van der Waals surface area contributed by atoms with Crippen molar-refractivity contribution in [2.24, 2.45) is 0 Å². The number of para-hydroxylation sites is 1. The summed E-state index contributed by atoms with van der Waals surface area (Å²) in [5, 5.41) is 0.837. The van der Waals surface area contributed by atoms with Gasteiger partial charge in [-0.05, 0) is 25.8 Å². The van der Waals surface area contributed by atoms with Crippen molar-refractivity contribution in [3.63, 3.8) is 0 Å². The first-order valence-electron chi connectivity index (χ1n) is 9.31. The number of nitrogens with zero attached hydrogens (tertiary/aromatic N) is 1. The summed E-state index contributed by atoms with van der Waals surface area (Å²) in [6, 6.07) is 8.11. The number of morpholine rings is 1. The number of ether oxygens (including phenoxy) is 2. The summed E-state index contributed by atoms with van der Waals surface area (Å²) in [4.78, 5) is 15.0. The van der Waals surface area contributed by atoms with Crippen LogP contribution >= 0.6 is 0 Å². The van der Waals surface area contributed by atoms with Crippen LogP contribution in [-0.4, -0.2) is 42.8 Å². The lowest BCUT2D eigenvalue weighted by Gasteiger charge is -2.43. The van der Waals surface area contributed by atoms with Gasteiger partial charge in [0.15, 0.2) is 0 Å². The monoisotopic (exact) mass is 343 g/mol. The lowest BCUT2D eigenvalue weighted by molar-refractivity contribution is -0.0926. The fraction of sp³-hybridized carbons (Fsp3) is 0.550. The van der Waals surface area contributed by atoms with Gasteiger partial charge < -0.3 is 13.9 Å². The number of fused-ring (bicyclic) bond motifs is 2. The maximum atomic E-state index is 12.5. The zero-order valence-corrected chi connectivity index (χ0v) is 14.7. The standard InChI is InChI=1S/C20H25NO4/c1-2-23-20(22)19-14-7-3-5-9-16(14)25-18(19)13-21-11-12-24-17-10-6-4-8-15(17)21/h3,5,7,9,15,17H,2,4,6,8,10-13H2,1H3/t15-,17-/m1/s1. The Balaban J connectivity index is 1.66. The van der Waals surface area contributed by atoms with Gasteiger partial charge in [-0.15, -0.1) is 0 Å². The summed E-state index contributed by atoms with van der Waals surface area (Å²) in [6.07, 6.45) is 5.09. The highest BCUT2D eigenvalue weighted by molar-refractivity contribution is 6.04.